The molecular formula is C14H15N5. The predicted octanol–water partition coefficient (Wildman–Crippen LogP) is 2.35. The van der Waals surface area contributed by atoms with Crippen LogP contribution in [0.25, 0.3) is 5.65 Å². The molecule has 3 heterocycles. The largest absolute Gasteiger partial charge is 0.349 e. The first kappa shape index (κ1) is 11.6. The Morgan fingerprint density at radius 1 is 1.21 bits per heavy atom. The second-order valence-electron chi connectivity index (χ2n) is 4.60. The minimum absolute atomic E-state index is 0.631. The molecule has 0 atom stereocenters. The standard InChI is InChI=1S/C14H15N5/c1-10-5-6-19-13(7-10)17-14(18-19)16-9-12-4-3-11(2)15-8-12/h3-8H,9H2,1-2H3,(H,16,18). The lowest BCUT2D eigenvalue weighted by Crippen LogP contribution is -2.01. The molecule has 0 bridgehead atoms. The molecule has 0 radical (unpaired) electrons. The number of hydrogen-bond donors (Lipinski definition) is 1. The van der Waals surface area contributed by atoms with Crippen molar-refractivity contribution in [3.63, 3.8) is 0 Å². The zero-order valence-corrected chi connectivity index (χ0v) is 11.0. The molecule has 0 saturated heterocycles. The maximum Gasteiger partial charge on any atom is 0.243 e. The van der Waals surface area contributed by atoms with Gasteiger partial charge < -0.3 is 5.32 Å². The maximum atomic E-state index is 4.43. The van der Waals surface area contributed by atoms with Crippen molar-refractivity contribution in [1.29, 1.82) is 0 Å². The Bertz CT molecular complexity index is 699. The fourth-order valence-corrected chi connectivity index (χ4v) is 1.84. The van der Waals surface area contributed by atoms with Crippen molar-refractivity contribution in [3.05, 3.63) is 53.5 Å². The summed E-state index contributed by atoms with van der Waals surface area (Å²) < 4.78 is 1.77. The number of pyridine rings is 2. The summed E-state index contributed by atoms with van der Waals surface area (Å²) in [6, 6.07) is 8.06. The van der Waals surface area contributed by atoms with E-state index in [2.05, 4.69) is 26.4 Å². The molecule has 5 heteroatoms. The normalized spacial score (nSPS) is 10.8. The molecular weight excluding hydrogens is 238 g/mol. The summed E-state index contributed by atoms with van der Waals surface area (Å²) in [5.41, 5.74) is 4.16. The van der Waals surface area contributed by atoms with Gasteiger partial charge in [0.05, 0.1) is 0 Å². The van der Waals surface area contributed by atoms with Crippen molar-refractivity contribution in [2.75, 3.05) is 5.32 Å². The van der Waals surface area contributed by atoms with Crippen LogP contribution >= 0.6 is 0 Å². The van der Waals surface area contributed by atoms with Gasteiger partial charge in [-0.15, -0.1) is 5.10 Å². The molecule has 0 amide bonds. The van der Waals surface area contributed by atoms with Gasteiger partial charge in [0.25, 0.3) is 0 Å². The van der Waals surface area contributed by atoms with Crippen LogP contribution in [0.2, 0.25) is 0 Å². The zero-order chi connectivity index (χ0) is 13.2. The van der Waals surface area contributed by atoms with E-state index in [1.54, 1.807) is 4.52 Å². The van der Waals surface area contributed by atoms with Crippen molar-refractivity contribution < 1.29 is 0 Å². The first-order valence-corrected chi connectivity index (χ1v) is 6.19. The van der Waals surface area contributed by atoms with E-state index in [4.69, 9.17) is 0 Å². The third-order valence-corrected chi connectivity index (χ3v) is 2.92. The Hall–Kier alpha value is -2.43. The van der Waals surface area contributed by atoms with Gasteiger partial charge in [0.15, 0.2) is 5.65 Å². The van der Waals surface area contributed by atoms with Crippen LogP contribution in [0.3, 0.4) is 0 Å². The van der Waals surface area contributed by atoms with E-state index in [9.17, 15) is 0 Å². The van der Waals surface area contributed by atoms with Crippen molar-refractivity contribution in [2.24, 2.45) is 0 Å². The van der Waals surface area contributed by atoms with Gasteiger partial charge in [-0.3, -0.25) is 4.98 Å². The van der Waals surface area contributed by atoms with E-state index < -0.39 is 0 Å². The number of nitrogens with zero attached hydrogens (tertiary/aromatic N) is 4. The Morgan fingerprint density at radius 3 is 2.89 bits per heavy atom. The summed E-state index contributed by atoms with van der Waals surface area (Å²) in [4.78, 5) is 8.69. The smallest absolute Gasteiger partial charge is 0.243 e. The monoisotopic (exact) mass is 253 g/mol. The molecule has 96 valence electrons. The van der Waals surface area contributed by atoms with Crippen LogP contribution in [0.5, 0.6) is 0 Å². The quantitative estimate of drug-likeness (QED) is 0.778. The summed E-state index contributed by atoms with van der Waals surface area (Å²) >= 11 is 0. The highest BCUT2D eigenvalue weighted by Gasteiger charge is 2.03. The lowest BCUT2D eigenvalue weighted by Gasteiger charge is -2.01. The Kier molecular flexibility index (Phi) is 2.87. The van der Waals surface area contributed by atoms with Crippen molar-refractivity contribution >= 4 is 11.6 Å². The zero-order valence-electron chi connectivity index (χ0n) is 11.0. The van der Waals surface area contributed by atoms with E-state index in [0.29, 0.717) is 12.5 Å². The molecule has 0 saturated carbocycles. The number of aryl methyl sites for hydroxylation is 2. The highest BCUT2D eigenvalue weighted by Crippen LogP contribution is 2.09. The Labute approximate surface area is 111 Å². The summed E-state index contributed by atoms with van der Waals surface area (Å²) in [6.07, 6.45) is 3.78. The molecule has 1 N–H and O–H groups in total. The first-order valence-electron chi connectivity index (χ1n) is 6.19. The van der Waals surface area contributed by atoms with E-state index in [1.165, 1.54) is 5.56 Å². The van der Waals surface area contributed by atoms with Crippen LogP contribution in [0.4, 0.5) is 5.95 Å². The van der Waals surface area contributed by atoms with Gasteiger partial charge in [0.2, 0.25) is 5.95 Å². The molecule has 0 aliphatic carbocycles. The van der Waals surface area contributed by atoms with Gasteiger partial charge in [0.1, 0.15) is 0 Å². The molecule has 0 spiro atoms. The van der Waals surface area contributed by atoms with Gasteiger partial charge in [-0.25, -0.2) is 4.52 Å². The van der Waals surface area contributed by atoms with Gasteiger partial charge in [0, 0.05) is 24.6 Å². The van der Waals surface area contributed by atoms with Crippen LogP contribution in [0.15, 0.2) is 36.7 Å². The highest BCUT2D eigenvalue weighted by molar-refractivity contribution is 5.45. The molecule has 0 aromatic carbocycles. The number of rotatable bonds is 3. The maximum absolute atomic E-state index is 4.43. The van der Waals surface area contributed by atoms with Crippen LogP contribution in [-0.2, 0) is 6.54 Å². The Balaban J connectivity index is 1.76. The summed E-state index contributed by atoms with van der Waals surface area (Å²) in [5, 5.41) is 7.57. The van der Waals surface area contributed by atoms with Gasteiger partial charge in [-0.1, -0.05) is 6.07 Å². The second kappa shape index (κ2) is 4.68. The molecule has 5 nitrogen and oxygen atoms in total. The minimum Gasteiger partial charge on any atom is -0.349 e. The molecule has 0 fully saturated rings. The average molecular weight is 253 g/mol. The first-order chi connectivity index (χ1) is 9.20. The van der Waals surface area contributed by atoms with Gasteiger partial charge in [-0.05, 0) is 43.2 Å². The van der Waals surface area contributed by atoms with E-state index >= 15 is 0 Å². The van der Waals surface area contributed by atoms with Crippen LogP contribution in [0, 0.1) is 13.8 Å². The summed E-state index contributed by atoms with van der Waals surface area (Å²) in [6.45, 7) is 4.69. The van der Waals surface area contributed by atoms with Crippen molar-refractivity contribution in [3.8, 4) is 0 Å². The fourth-order valence-electron chi connectivity index (χ4n) is 1.84. The van der Waals surface area contributed by atoms with Crippen LogP contribution in [0.1, 0.15) is 16.8 Å². The third kappa shape index (κ3) is 2.54. The lowest BCUT2D eigenvalue weighted by atomic mass is 10.2. The lowest BCUT2D eigenvalue weighted by molar-refractivity contribution is 0.945. The van der Waals surface area contributed by atoms with Crippen molar-refractivity contribution in [2.45, 2.75) is 20.4 Å². The second-order valence-corrected chi connectivity index (χ2v) is 4.60. The number of fused-ring (bicyclic) bond motifs is 1. The van der Waals surface area contributed by atoms with E-state index in [1.807, 2.05) is 44.4 Å². The number of nitrogens with one attached hydrogen (secondary N) is 1. The van der Waals surface area contributed by atoms with Gasteiger partial charge >= 0.3 is 0 Å². The van der Waals surface area contributed by atoms with Crippen molar-refractivity contribution in [1.82, 2.24) is 19.6 Å². The molecule has 0 aliphatic heterocycles. The molecule has 3 aromatic rings. The SMILES string of the molecule is Cc1ccn2nc(NCc3ccc(C)nc3)nc2c1. The van der Waals surface area contributed by atoms with E-state index in [0.717, 1.165) is 16.9 Å². The highest BCUT2D eigenvalue weighted by atomic mass is 15.3. The van der Waals surface area contributed by atoms with Crippen LogP contribution in [-0.4, -0.2) is 19.6 Å². The number of hydrogen-bond acceptors (Lipinski definition) is 4. The predicted molar refractivity (Wildman–Crippen MR) is 74.0 cm³/mol. The minimum atomic E-state index is 0.631. The third-order valence-electron chi connectivity index (χ3n) is 2.92. The van der Waals surface area contributed by atoms with E-state index in [-0.39, 0.29) is 0 Å². The molecule has 3 aromatic heterocycles. The number of anilines is 1. The molecule has 19 heavy (non-hydrogen) atoms. The van der Waals surface area contributed by atoms with Crippen LogP contribution < -0.4 is 5.32 Å². The topological polar surface area (TPSA) is 55.1 Å². The number of aromatic nitrogens is 4. The average Bonchev–Trinajstić information content (AvgIpc) is 2.80. The summed E-state index contributed by atoms with van der Waals surface area (Å²) in [7, 11) is 0. The Morgan fingerprint density at radius 2 is 2.11 bits per heavy atom. The van der Waals surface area contributed by atoms with Gasteiger partial charge in [-0.2, -0.15) is 4.98 Å². The molecule has 3 rings (SSSR count). The molecule has 0 unspecified atom stereocenters. The molecule has 0 aliphatic rings. The summed E-state index contributed by atoms with van der Waals surface area (Å²) in [5.74, 6) is 0.631. The fraction of sp³-hybridized carbons (Fsp3) is 0.214.